The number of aryl methyl sites for hydroxylation is 1. The minimum Gasteiger partial charge on any atom is -0.384 e. The molecule has 2 rings (SSSR count). The Labute approximate surface area is 118 Å². The molecular formula is C13H11ClF3N3. The Hall–Kier alpha value is -1.95. The lowest BCUT2D eigenvalue weighted by atomic mass is 10.2. The standard InChI is InChI=1S/C13H11ClF3N3/c1-7-2-3-9(14)6-10(7)19-12-5-8(13(15,16)17)4-11(18)20-12/h2-6H,1H3,(H3,18,19,20). The van der Waals surface area contributed by atoms with Gasteiger partial charge in [-0.15, -0.1) is 0 Å². The van der Waals surface area contributed by atoms with E-state index in [4.69, 9.17) is 17.3 Å². The molecular weight excluding hydrogens is 291 g/mol. The van der Waals surface area contributed by atoms with Crippen molar-refractivity contribution in [2.45, 2.75) is 13.1 Å². The monoisotopic (exact) mass is 301 g/mol. The van der Waals surface area contributed by atoms with E-state index in [1.807, 2.05) is 0 Å². The molecule has 1 heterocycles. The first kappa shape index (κ1) is 14.5. The van der Waals surface area contributed by atoms with Gasteiger partial charge < -0.3 is 11.1 Å². The Balaban J connectivity index is 2.39. The molecule has 1 aromatic carbocycles. The quantitative estimate of drug-likeness (QED) is 0.865. The van der Waals surface area contributed by atoms with Crippen molar-refractivity contribution in [2.24, 2.45) is 0 Å². The second-order valence-electron chi connectivity index (χ2n) is 4.25. The number of nitrogen functional groups attached to an aromatic ring is 1. The third-order valence-corrected chi connectivity index (χ3v) is 2.87. The van der Waals surface area contributed by atoms with Crippen LogP contribution in [0.3, 0.4) is 0 Å². The SMILES string of the molecule is Cc1ccc(Cl)cc1Nc1cc(C(F)(F)F)cc(N)n1. The maximum Gasteiger partial charge on any atom is 0.416 e. The van der Waals surface area contributed by atoms with Crippen molar-refractivity contribution in [3.63, 3.8) is 0 Å². The van der Waals surface area contributed by atoms with E-state index >= 15 is 0 Å². The van der Waals surface area contributed by atoms with Crippen molar-refractivity contribution >= 4 is 28.9 Å². The fourth-order valence-electron chi connectivity index (χ4n) is 1.65. The maximum absolute atomic E-state index is 12.7. The van der Waals surface area contributed by atoms with Crippen molar-refractivity contribution in [3.05, 3.63) is 46.5 Å². The topological polar surface area (TPSA) is 50.9 Å². The van der Waals surface area contributed by atoms with Gasteiger partial charge in [-0.1, -0.05) is 17.7 Å². The van der Waals surface area contributed by atoms with Crippen LogP contribution in [0.5, 0.6) is 0 Å². The first-order valence-electron chi connectivity index (χ1n) is 5.63. The van der Waals surface area contributed by atoms with Crippen molar-refractivity contribution in [3.8, 4) is 0 Å². The summed E-state index contributed by atoms with van der Waals surface area (Å²) < 4.78 is 38.1. The molecule has 0 fully saturated rings. The Morgan fingerprint density at radius 1 is 1.20 bits per heavy atom. The van der Waals surface area contributed by atoms with Gasteiger partial charge in [-0.3, -0.25) is 0 Å². The Bertz CT molecular complexity index is 641. The predicted molar refractivity (Wildman–Crippen MR) is 73.1 cm³/mol. The average molecular weight is 302 g/mol. The van der Waals surface area contributed by atoms with Crippen LogP contribution in [0.25, 0.3) is 0 Å². The lowest BCUT2D eigenvalue weighted by Crippen LogP contribution is -2.08. The minimum absolute atomic E-state index is 0.0164. The average Bonchev–Trinajstić information content (AvgIpc) is 2.32. The van der Waals surface area contributed by atoms with E-state index in [1.54, 1.807) is 25.1 Å². The number of nitrogens with one attached hydrogen (secondary N) is 1. The van der Waals surface area contributed by atoms with Gasteiger partial charge in [-0.25, -0.2) is 4.98 Å². The number of anilines is 3. The molecule has 1 aromatic heterocycles. The van der Waals surface area contributed by atoms with Crippen LogP contribution >= 0.6 is 11.6 Å². The third-order valence-electron chi connectivity index (χ3n) is 2.63. The van der Waals surface area contributed by atoms with Crippen molar-refractivity contribution in [1.29, 1.82) is 0 Å². The minimum atomic E-state index is -4.48. The van der Waals surface area contributed by atoms with Crippen LogP contribution in [0.2, 0.25) is 5.02 Å². The van der Waals surface area contributed by atoms with Gasteiger partial charge in [-0.2, -0.15) is 13.2 Å². The number of alkyl halides is 3. The number of pyridine rings is 1. The number of halogens is 4. The van der Waals surface area contributed by atoms with Gasteiger partial charge in [-0.05, 0) is 36.8 Å². The first-order chi connectivity index (χ1) is 9.25. The molecule has 3 nitrogen and oxygen atoms in total. The van der Waals surface area contributed by atoms with Gasteiger partial charge in [0.25, 0.3) is 0 Å². The van der Waals surface area contributed by atoms with Crippen molar-refractivity contribution < 1.29 is 13.2 Å². The second kappa shape index (κ2) is 5.20. The van der Waals surface area contributed by atoms with Crippen LogP contribution in [0.1, 0.15) is 11.1 Å². The Morgan fingerprint density at radius 2 is 1.90 bits per heavy atom. The van der Waals surface area contributed by atoms with Crippen LogP contribution in [0.15, 0.2) is 30.3 Å². The molecule has 0 atom stereocenters. The third kappa shape index (κ3) is 3.33. The van der Waals surface area contributed by atoms with E-state index in [0.717, 1.165) is 17.7 Å². The van der Waals surface area contributed by atoms with Crippen LogP contribution in [0, 0.1) is 6.92 Å². The summed E-state index contributed by atoms with van der Waals surface area (Å²) in [5.41, 5.74) is 5.95. The number of aromatic nitrogens is 1. The summed E-state index contributed by atoms with van der Waals surface area (Å²) in [6.07, 6.45) is -4.48. The fraction of sp³-hybridized carbons (Fsp3) is 0.154. The number of hydrogen-bond acceptors (Lipinski definition) is 3. The van der Waals surface area contributed by atoms with Crippen LogP contribution in [-0.4, -0.2) is 4.98 Å². The van der Waals surface area contributed by atoms with Gasteiger partial charge in [0.15, 0.2) is 0 Å². The first-order valence-corrected chi connectivity index (χ1v) is 6.01. The highest BCUT2D eigenvalue weighted by atomic mass is 35.5. The van der Waals surface area contributed by atoms with Gasteiger partial charge >= 0.3 is 6.18 Å². The van der Waals surface area contributed by atoms with E-state index < -0.39 is 11.7 Å². The molecule has 0 saturated carbocycles. The predicted octanol–water partition coefficient (Wildman–Crippen LogP) is 4.39. The molecule has 0 aliphatic carbocycles. The molecule has 2 aromatic rings. The van der Waals surface area contributed by atoms with Gasteiger partial charge in [0.05, 0.1) is 5.56 Å². The molecule has 0 saturated heterocycles. The molecule has 0 bridgehead atoms. The van der Waals surface area contributed by atoms with Gasteiger partial charge in [0.2, 0.25) is 0 Å². The van der Waals surface area contributed by atoms with E-state index in [9.17, 15) is 13.2 Å². The molecule has 3 N–H and O–H groups in total. The van der Waals surface area contributed by atoms with Gasteiger partial charge in [0.1, 0.15) is 11.6 Å². The lowest BCUT2D eigenvalue weighted by molar-refractivity contribution is -0.137. The molecule has 0 aliphatic heterocycles. The van der Waals surface area contributed by atoms with E-state index in [1.165, 1.54) is 0 Å². The molecule has 0 spiro atoms. The lowest BCUT2D eigenvalue weighted by Gasteiger charge is -2.13. The van der Waals surface area contributed by atoms with Crippen LogP contribution in [0.4, 0.5) is 30.5 Å². The summed E-state index contributed by atoms with van der Waals surface area (Å²) in [5.74, 6) is -0.190. The number of benzene rings is 1. The number of rotatable bonds is 2. The number of hydrogen-bond donors (Lipinski definition) is 2. The summed E-state index contributed by atoms with van der Waals surface area (Å²) in [5, 5.41) is 3.26. The zero-order valence-corrected chi connectivity index (χ0v) is 11.2. The maximum atomic E-state index is 12.7. The summed E-state index contributed by atoms with van der Waals surface area (Å²) >= 11 is 5.85. The molecule has 0 aliphatic rings. The van der Waals surface area contributed by atoms with Crippen LogP contribution in [-0.2, 0) is 6.18 Å². The molecule has 7 heteroatoms. The fourth-order valence-corrected chi connectivity index (χ4v) is 1.82. The summed E-state index contributed by atoms with van der Waals surface area (Å²) in [6.45, 7) is 1.80. The van der Waals surface area contributed by atoms with Gasteiger partial charge in [0, 0.05) is 10.7 Å². The zero-order valence-electron chi connectivity index (χ0n) is 10.4. The molecule has 0 radical (unpaired) electrons. The smallest absolute Gasteiger partial charge is 0.384 e. The van der Waals surface area contributed by atoms with E-state index in [2.05, 4.69) is 10.3 Å². The Kier molecular flexibility index (Phi) is 3.76. The molecule has 106 valence electrons. The highest BCUT2D eigenvalue weighted by Gasteiger charge is 2.31. The molecule has 20 heavy (non-hydrogen) atoms. The largest absolute Gasteiger partial charge is 0.416 e. The Morgan fingerprint density at radius 3 is 2.55 bits per heavy atom. The normalized spacial score (nSPS) is 11.4. The highest BCUT2D eigenvalue weighted by Crippen LogP contribution is 2.32. The van der Waals surface area contributed by atoms with Crippen molar-refractivity contribution in [2.75, 3.05) is 11.1 Å². The van der Waals surface area contributed by atoms with E-state index in [0.29, 0.717) is 10.7 Å². The zero-order chi connectivity index (χ0) is 14.9. The van der Waals surface area contributed by atoms with Crippen LogP contribution < -0.4 is 11.1 Å². The number of nitrogens with two attached hydrogens (primary N) is 1. The van der Waals surface area contributed by atoms with E-state index in [-0.39, 0.29) is 11.6 Å². The van der Waals surface area contributed by atoms with Crippen molar-refractivity contribution in [1.82, 2.24) is 4.98 Å². The molecule has 0 unspecified atom stereocenters. The summed E-state index contributed by atoms with van der Waals surface area (Å²) in [6, 6.07) is 6.74. The summed E-state index contributed by atoms with van der Waals surface area (Å²) in [4.78, 5) is 3.84. The summed E-state index contributed by atoms with van der Waals surface area (Å²) in [7, 11) is 0. The second-order valence-corrected chi connectivity index (χ2v) is 4.68. The molecule has 0 amide bonds. The number of nitrogens with zero attached hydrogens (tertiary/aromatic N) is 1. The highest BCUT2D eigenvalue weighted by molar-refractivity contribution is 6.30.